The van der Waals surface area contributed by atoms with Gasteiger partial charge in [-0.15, -0.1) is 0 Å². The molecule has 0 unspecified atom stereocenters. The Morgan fingerprint density at radius 1 is 1.00 bits per heavy atom. The van der Waals surface area contributed by atoms with Crippen molar-refractivity contribution in [3.8, 4) is 16.9 Å². The fourth-order valence-electron chi connectivity index (χ4n) is 1.70. The Balaban J connectivity index is 2.51. The summed E-state index contributed by atoms with van der Waals surface area (Å²) in [6, 6.07) is 12.6. The van der Waals surface area contributed by atoms with Gasteiger partial charge in [0.05, 0.1) is 0 Å². The zero-order valence-corrected chi connectivity index (χ0v) is 8.97. The smallest absolute Gasteiger partial charge is 0.150 e. The maximum absolute atomic E-state index is 10.8. The molecule has 2 heteroatoms. The van der Waals surface area contributed by atoms with Gasteiger partial charge in [-0.25, -0.2) is 0 Å². The lowest BCUT2D eigenvalue weighted by molar-refractivity contribution is 0.112. The van der Waals surface area contributed by atoms with Crippen LogP contribution in [0.5, 0.6) is 5.75 Å². The van der Waals surface area contributed by atoms with E-state index in [1.807, 2.05) is 37.3 Å². The summed E-state index contributed by atoms with van der Waals surface area (Å²) >= 11 is 0. The fraction of sp³-hybridized carbons (Fsp3) is 0.0714. The molecule has 0 heterocycles. The van der Waals surface area contributed by atoms with Gasteiger partial charge in [0.15, 0.2) is 0 Å². The summed E-state index contributed by atoms with van der Waals surface area (Å²) in [5.74, 6) is 0.243. The number of benzene rings is 2. The molecule has 2 aromatic carbocycles. The first kappa shape index (κ1) is 10.4. The number of hydrogen-bond acceptors (Lipinski definition) is 2. The molecule has 0 spiro atoms. The van der Waals surface area contributed by atoms with E-state index in [1.165, 1.54) is 0 Å². The van der Waals surface area contributed by atoms with Gasteiger partial charge in [-0.1, -0.05) is 18.2 Å². The first-order valence-corrected chi connectivity index (χ1v) is 5.05. The number of aryl methyl sites for hydroxylation is 1. The monoisotopic (exact) mass is 212 g/mol. The highest BCUT2D eigenvalue weighted by molar-refractivity contribution is 5.79. The van der Waals surface area contributed by atoms with Crippen molar-refractivity contribution in [1.82, 2.24) is 0 Å². The Morgan fingerprint density at radius 3 is 2.31 bits per heavy atom. The fourth-order valence-corrected chi connectivity index (χ4v) is 1.70. The summed E-state index contributed by atoms with van der Waals surface area (Å²) in [5.41, 5.74) is 3.70. The minimum atomic E-state index is 0.243. The standard InChI is InChI=1S/C14H12O2/c1-10-6-11(9-15)8-13(7-10)12-2-4-14(16)5-3-12/h2-9,16H,1H3. The van der Waals surface area contributed by atoms with Gasteiger partial charge in [-0.2, -0.15) is 0 Å². The quantitative estimate of drug-likeness (QED) is 0.776. The number of aldehydes is 1. The molecule has 0 aliphatic rings. The molecule has 0 aromatic heterocycles. The lowest BCUT2D eigenvalue weighted by Gasteiger charge is -2.04. The van der Waals surface area contributed by atoms with Crippen LogP contribution in [0, 0.1) is 6.92 Å². The Bertz CT molecular complexity index is 513. The van der Waals surface area contributed by atoms with Gasteiger partial charge in [-0.3, -0.25) is 4.79 Å². The molecular weight excluding hydrogens is 200 g/mol. The maximum atomic E-state index is 10.8. The van der Waals surface area contributed by atoms with E-state index in [0.717, 1.165) is 23.0 Å². The van der Waals surface area contributed by atoms with E-state index in [0.29, 0.717) is 5.56 Å². The van der Waals surface area contributed by atoms with Crippen molar-refractivity contribution in [3.63, 3.8) is 0 Å². The zero-order chi connectivity index (χ0) is 11.5. The van der Waals surface area contributed by atoms with Crippen molar-refractivity contribution in [1.29, 1.82) is 0 Å². The minimum absolute atomic E-state index is 0.243. The summed E-state index contributed by atoms with van der Waals surface area (Å²) in [6.07, 6.45) is 0.844. The molecule has 0 aliphatic heterocycles. The highest BCUT2D eigenvalue weighted by atomic mass is 16.3. The largest absolute Gasteiger partial charge is 0.508 e. The van der Waals surface area contributed by atoms with Gasteiger partial charge >= 0.3 is 0 Å². The Hall–Kier alpha value is -2.09. The predicted molar refractivity (Wildman–Crippen MR) is 63.7 cm³/mol. The SMILES string of the molecule is Cc1cc(C=O)cc(-c2ccc(O)cc2)c1. The number of carbonyl (C=O) groups is 1. The molecule has 0 fully saturated rings. The summed E-state index contributed by atoms with van der Waals surface area (Å²) in [7, 11) is 0. The van der Waals surface area contributed by atoms with Gasteiger partial charge in [-0.05, 0) is 47.9 Å². The van der Waals surface area contributed by atoms with E-state index in [9.17, 15) is 9.90 Å². The Kier molecular flexibility index (Phi) is 2.73. The predicted octanol–water partition coefficient (Wildman–Crippen LogP) is 3.18. The zero-order valence-electron chi connectivity index (χ0n) is 8.97. The molecule has 0 saturated carbocycles. The molecule has 16 heavy (non-hydrogen) atoms. The number of rotatable bonds is 2. The first-order valence-electron chi connectivity index (χ1n) is 5.05. The molecule has 0 saturated heterocycles. The van der Waals surface area contributed by atoms with Gasteiger partial charge in [0.25, 0.3) is 0 Å². The van der Waals surface area contributed by atoms with Crippen LogP contribution in [0.1, 0.15) is 15.9 Å². The van der Waals surface area contributed by atoms with Crippen LogP contribution in [-0.2, 0) is 0 Å². The lowest BCUT2D eigenvalue weighted by atomic mass is 10.0. The molecule has 2 rings (SSSR count). The minimum Gasteiger partial charge on any atom is -0.508 e. The van der Waals surface area contributed by atoms with Crippen LogP contribution in [0.2, 0.25) is 0 Å². The number of phenolic OH excluding ortho intramolecular Hbond substituents is 1. The summed E-state index contributed by atoms with van der Waals surface area (Å²) in [5, 5.41) is 9.20. The summed E-state index contributed by atoms with van der Waals surface area (Å²) < 4.78 is 0. The second kappa shape index (κ2) is 4.19. The normalized spacial score (nSPS) is 10.1. The van der Waals surface area contributed by atoms with E-state index in [-0.39, 0.29) is 5.75 Å². The topological polar surface area (TPSA) is 37.3 Å². The molecule has 0 aliphatic carbocycles. The van der Waals surface area contributed by atoms with Crippen molar-refractivity contribution in [3.05, 3.63) is 53.6 Å². The van der Waals surface area contributed by atoms with Crippen molar-refractivity contribution in [2.24, 2.45) is 0 Å². The van der Waals surface area contributed by atoms with Crippen LogP contribution in [0.15, 0.2) is 42.5 Å². The molecule has 0 atom stereocenters. The van der Waals surface area contributed by atoms with Crippen molar-refractivity contribution >= 4 is 6.29 Å². The molecule has 2 nitrogen and oxygen atoms in total. The number of hydrogen-bond donors (Lipinski definition) is 1. The molecule has 0 amide bonds. The second-order valence-electron chi connectivity index (χ2n) is 3.80. The summed E-state index contributed by atoms with van der Waals surface area (Å²) in [4.78, 5) is 10.8. The third-order valence-electron chi connectivity index (χ3n) is 2.44. The number of carbonyl (C=O) groups excluding carboxylic acids is 1. The summed E-state index contributed by atoms with van der Waals surface area (Å²) in [6.45, 7) is 1.96. The van der Waals surface area contributed by atoms with Crippen LogP contribution in [0.4, 0.5) is 0 Å². The molecular formula is C14H12O2. The van der Waals surface area contributed by atoms with Crippen LogP contribution < -0.4 is 0 Å². The third kappa shape index (κ3) is 2.11. The van der Waals surface area contributed by atoms with Crippen LogP contribution in [0.25, 0.3) is 11.1 Å². The van der Waals surface area contributed by atoms with E-state index in [4.69, 9.17) is 0 Å². The van der Waals surface area contributed by atoms with E-state index >= 15 is 0 Å². The molecule has 0 bridgehead atoms. The highest BCUT2D eigenvalue weighted by Crippen LogP contribution is 2.23. The second-order valence-corrected chi connectivity index (χ2v) is 3.80. The van der Waals surface area contributed by atoms with Gasteiger partial charge in [0.2, 0.25) is 0 Å². The molecule has 2 aromatic rings. The van der Waals surface area contributed by atoms with Crippen LogP contribution in [0.3, 0.4) is 0 Å². The average Bonchev–Trinajstić information content (AvgIpc) is 2.29. The van der Waals surface area contributed by atoms with Gasteiger partial charge < -0.3 is 5.11 Å². The molecule has 1 N–H and O–H groups in total. The van der Waals surface area contributed by atoms with E-state index in [2.05, 4.69) is 0 Å². The van der Waals surface area contributed by atoms with Crippen LogP contribution >= 0.6 is 0 Å². The van der Waals surface area contributed by atoms with Crippen molar-refractivity contribution in [2.75, 3.05) is 0 Å². The van der Waals surface area contributed by atoms with Crippen LogP contribution in [-0.4, -0.2) is 11.4 Å². The van der Waals surface area contributed by atoms with Crippen molar-refractivity contribution < 1.29 is 9.90 Å². The van der Waals surface area contributed by atoms with E-state index < -0.39 is 0 Å². The van der Waals surface area contributed by atoms with Crippen molar-refractivity contribution in [2.45, 2.75) is 6.92 Å². The maximum Gasteiger partial charge on any atom is 0.150 e. The molecule has 0 radical (unpaired) electrons. The van der Waals surface area contributed by atoms with E-state index in [1.54, 1.807) is 12.1 Å². The van der Waals surface area contributed by atoms with Gasteiger partial charge in [0, 0.05) is 5.56 Å². The molecule has 80 valence electrons. The Labute approximate surface area is 94.2 Å². The average molecular weight is 212 g/mol. The van der Waals surface area contributed by atoms with Gasteiger partial charge in [0.1, 0.15) is 12.0 Å². The lowest BCUT2D eigenvalue weighted by Crippen LogP contribution is -1.85. The number of aromatic hydroxyl groups is 1. The highest BCUT2D eigenvalue weighted by Gasteiger charge is 2.01. The third-order valence-corrected chi connectivity index (χ3v) is 2.44. The first-order chi connectivity index (χ1) is 7.69. The number of phenols is 1. The Morgan fingerprint density at radius 2 is 1.69 bits per heavy atom.